The molecule has 0 bridgehead atoms. The van der Waals surface area contributed by atoms with Crippen LogP contribution in [0.3, 0.4) is 0 Å². The van der Waals surface area contributed by atoms with Crippen molar-refractivity contribution < 1.29 is 9.52 Å². The van der Waals surface area contributed by atoms with Crippen molar-refractivity contribution in [3.8, 4) is 11.6 Å². The van der Waals surface area contributed by atoms with E-state index in [2.05, 4.69) is 42.0 Å². The zero-order valence-electron chi connectivity index (χ0n) is 14.8. The first kappa shape index (κ1) is 16.9. The van der Waals surface area contributed by atoms with Gasteiger partial charge in [0.1, 0.15) is 5.69 Å². The molecule has 0 amide bonds. The van der Waals surface area contributed by atoms with E-state index in [9.17, 15) is 5.11 Å². The highest BCUT2D eigenvalue weighted by Gasteiger charge is 2.32. The SMILES string of the molecule is CC1=CC(CO)C(C(C)C)CC1Cc1nnc(-c2cncn2C)o1. The average molecular weight is 330 g/mol. The third kappa shape index (κ3) is 3.29. The fourth-order valence-corrected chi connectivity index (χ4v) is 3.70. The highest BCUT2D eigenvalue weighted by atomic mass is 16.4. The minimum Gasteiger partial charge on any atom is -0.419 e. The molecule has 1 N–H and O–H groups in total. The lowest BCUT2D eigenvalue weighted by molar-refractivity contribution is 0.147. The molecule has 0 fully saturated rings. The number of aryl methyl sites for hydroxylation is 1. The summed E-state index contributed by atoms with van der Waals surface area (Å²) in [6.07, 6.45) is 7.47. The van der Waals surface area contributed by atoms with Crippen LogP contribution in [-0.4, -0.2) is 31.5 Å². The van der Waals surface area contributed by atoms with Crippen LogP contribution in [0.1, 0.15) is 33.1 Å². The molecule has 130 valence electrons. The standard InChI is InChI=1S/C18H26N4O2/c1-11(2)15-6-13(12(3)5-14(15)9-23)7-17-20-21-18(24-17)16-8-19-10-22(16)4/h5,8,10-11,13-15,23H,6-7,9H2,1-4H3. The first-order valence-electron chi connectivity index (χ1n) is 8.57. The first-order valence-corrected chi connectivity index (χ1v) is 8.57. The summed E-state index contributed by atoms with van der Waals surface area (Å²) < 4.78 is 7.71. The molecule has 1 aliphatic carbocycles. The Balaban J connectivity index is 1.76. The number of imidazole rings is 1. The van der Waals surface area contributed by atoms with Gasteiger partial charge in [-0.15, -0.1) is 10.2 Å². The fourth-order valence-electron chi connectivity index (χ4n) is 3.70. The van der Waals surface area contributed by atoms with Crippen molar-refractivity contribution in [2.24, 2.45) is 30.7 Å². The number of rotatable bonds is 5. The van der Waals surface area contributed by atoms with Crippen LogP contribution in [-0.2, 0) is 13.5 Å². The van der Waals surface area contributed by atoms with E-state index in [4.69, 9.17) is 4.42 Å². The summed E-state index contributed by atoms with van der Waals surface area (Å²) in [5.41, 5.74) is 2.14. The fraction of sp³-hybridized carbons (Fsp3) is 0.611. The minimum atomic E-state index is 0.220. The molecule has 6 nitrogen and oxygen atoms in total. The molecule has 0 aromatic carbocycles. The summed E-state index contributed by atoms with van der Waals surface area (Å²) in [4.78, 5) is 4.08. The van der Waals surface area contributed by atoms with Crippen molar-refractivity contribution >= 4 is 0 Å². The van der Waals surface area contributed by atoms with Gasteiger partial charge in [0.2, 0.25) is 5.89 Å². The second-order valence-electron chi connectivity index (χ2n) is 7.19. The van der Waals surface area contributed by atoms with E-state index in [1.165, 1.54) is 5.57 Å². The van der Waals surface area contributed by atoms with Crippen molar-refractivity contribution in [2.45, 2.75) is 33.6 Å². The number of aliphatic hydroxyl groups is 1. The number of allylic oxidation sites excluding steroid dienone is 1. The maximum atomic E-state index is 9.65. The van der Waals surface area contributed by atoms with Crippen LogP contribution in [0.2, 0.25) is 0 Å². The Morgan fingerprint density at radius 1 is 1.38 bits per heavy atom. The number of nitrogens with zero attached hydrogens (tertiary/aromatic N) is 4. The third-order valence-electron chi connectivity index (χ3n) is 5.22. The lowest BCUT2D eigenvalue weighted by Gasteiger charge is -2.36. The third-order valence-corrected chi connectivity index (χ3v) is 5.22. The van der Waals surface area contributed by atoms with Crippen molar-refractivity contribution in [2.75, 3.05) is 6.61 Å². The van der Waals surface area contributed by atoms with Gasteiger partial charge in [-0.3, -0.25) is 0 Å². The molecule has 3 unspecified atom stereocenters. The van der Waals surface area contributed by atoms with E-state index >= 15 is 0 Å². The van der Waals surface area contributed by atoms with E-state index < -0.39 is 0 Å². The van der Waals surface area contributed by atoms with E-state index in [0.29, 0.717) is 29.5 Å². The maximum Gasteiger partial charge on any atom is 0.265 e. The summed E-state index contributed by atoms with van der Waals surface area (Å²) in [5.74, 6) is 2.85. The summed E-state index contributed by atoms with van der Waals surface area (Å²) in [7, 11) is 1.91. The second-order valence-corrected chi connectivity index (χ2v) is 7.19. The Morgan fingerprint density at radius 3 is 2.79 bits per heavy atom. The van der Waals surface area contributed by atoms with Crippen LogP contribution >= 0.6 is 0 Å². The lowest BCUT2D eigenvalue weighted by Crippen LogP contribution is -2.30. The van der Waals surface area contributed by atoms with Gasteiger partial charge in [-0.05, 0) is 31.1 Å². The van der Waals surface area contributed by atoms with E-state index in [1.807, 2.05) is 11.6 Å². The van der Waals surface area contributed by atoms with Gasteiger partial charge in [-0.2, -0.15) is 0 Å². The number of hydrogen-bond donors (Lipinski definition) is 1. The Hall–Kier alpha value is -1.95. The highest BCUT2D eigenvalue weighted by molar-refractivity contribution is 5.44. The average Bonchev–Trinajstić information content (AvgIpc) is 3.17. The van der Waals surface area contributed by atoms with Crippen LogP contribution < -0.4 is 0 Å². The molecule has 24 heavy (non-hydrogen) atoms. The maximum absolute atomic E-state index is 9.65. The Morgan fingerprint density at radius 2 is 2.17 bits per heavy atom. The summed E-state index contributed by atoms with van der Waals surface area (Å²) in [6.45, 7) is 6.82. The molecule has 1 aliphatic rings. The zero-order chi connectivity index (χ0) is 17.3. The van der Waals surface area contributed by atoms with Crippen LogP contribution in [0, 0.1) is 23.7 Å². The molecule has 3 atom stereocenters. The summed E-state index contributed by atoms with van der Waals surface area (Å²) >= 11 is 0. The van der Waals surface area contributed by atoms with Gasteiger partial charge < -0.3 is 14.1 Å². The molecule has 2 aromatic heterocycles. The first-order chi connectivity index (χ1) is 11.5. The Labute approximate surface area is 142 Å². The highest BCUT2D eigenvalue weighted by Crippen LogP contribution is 2.38. The van der Waals surface area contributed by atoms with Gasteiger partial charge in [0.15, 0.2) is 0 Å². The molecular formula is C18H26N4O2. The van der Waals surface area contributed by atoms with Crippen LogP contribution in [0.4, 0.5) is 0 Å². The number of hydrogen-bond acceptors (Lipinski definition) is 5. The topological polar surface area (TPSA) is 77.0 Å². The monoisotopic (exact) mass is 330 g/mol. The van der Waals surface area contributed by atoms with E-state index in [0.717, 1.165) is 18.5 Å². The van der Waals surface area contributed by atoms with Crippen molar-refractivity contribution in [3.05, 3.63) is 30.1 Å². The smallest absolute Gasteiger partial charge is 0.265 e. The van der Waals surface area contributed by atoms with Crippen LogP contribution in [0.25, 0.3) is 11.6 Å². The van der Waals surface area contributed by atoms with E-state index in [1.54, 1.807) is 12.5 Å². The molecule has 3 rings (SSSR count). The molecule has 0 saturated carbocycles. The molecule has 6 heteroatoms. The van der Waals surface area contributed by atoms with Crippen molar-refractivity contribution in [3.63, 3.8) is 0 Å². The molecule has 2 aromatic rings. The van der Waals surface area contributed by atoms with Gasteiger partial charge in [0, 0.05) is 26.0 Å². The van der Waals surface area contributed by atoms with Gasteiger partial charge in [-0.25, -0.2) is 4.98 Å². The summed E-state index contributed by atoms with van der Waals surface area (Å²) in [6, 6.07) is 0. The molecule has 0 aliphatic heterocycles. The Kier molecular flexibility index (Phi) is 4.85. The minimum absolute atomic E-state index is 0.220. The number of aliphatic hydroxyl groups excluding tert-OH is 1. The predicted molar refractivity (Wildman–Crippen MR) is 91.0 cm³/mol. The molecular weight excluding hydrogens is 304 g/mol. The van der Waals surface area contributed by atoms with Gasteiger partial charge in [0.05, 0.1) is 12.5 Å². The largest absolute Gasteiger partial charge is 0.419 e. The molecule has 0 spiro atoms. The van der Waals surface area contributed by atoms with Crippen LogP contribution in [0.15, 0.2) is 28.6 Å². The quantitative estimate of drug-likeness (QED) is 0.853. The Bertz CT molecular complexity index is 716. The lowest BCUT2D eigenvalue weighted by atomic mass is 9.70. The molecule has 2 heterocycles. The van der Waals surface area contributed by atoms with Crippen LogP contribution in [0.5, 0.6) is 0 Å². The predicted octanol–water partition coefficient (Wildman–Crippen LogP) is 2.86. The van der Waals surface area contributed by atoms with Gasteiger partial charge in [0.25, 0.3) is 5.89 Å². The second kappa shape index (κ2) is 6.89. The normalized spacial score (nSPS) is 24.4. The molecule has 0 saturated heterocycles. The summed E-state index contributed by atoms with van der Waals surface area (Å²) in [5, 5.41) is 18.0. The van der Waals surface area contributed by atoms with E-state index in [-0.39, 0.29) is 12.5 Å². The zero-order valence-corrected chi connectivity index (χ0v) is 14.8. The number of aromatic nitrogens is 4. The molecule has 0 radical (unpaired) electrons. The van der Waals surface area contributed by atoms with Gasteiger partial charge in [-0.1, -0.05) is 25.5 Å². The van der Waals surface area contributed by atoms with Gasteiger partial charge >= 0.3 is 0 Å². The van der Waals surface area contributed by atoms with Crippen molar-refractivity contribution in [1.82, 2.24) is 19.7 Å². The van der Waals surface area contributed by atoms with Crippen molar-refractivity contribution in [1.29, 1.82) is 0 Å².